The molecular formula is C26H30ClF3N4O4S2. The molecule has 1 unspecified atom stereocenters. The molecule has 2 aromatic carbocycles. The lowest BCUT2D eigenvalue weighted by atomic mass is 9.98. The normalized spacial score (nSPS) is 15.7. The number of alkyl halides is 3. The molecule has 2 aromatic rings. The maximum absolute atomic E-state index is 14.1. The maximum Gasteiger partial charge on any atom is 0.417 e. The number of carbonyl (C=O) groups is 1. The Morgan fingerprint density at radius 2 is 1.77 bits per heavy atom. The first-order valence-corrected chi connectivity index (χ1v) is 15.4. The fraction of sp³-hybridized carbons (Fsp3) is 0.462. The van der Waals surface area contributed by atoms with Gasteiger partial charge in [0.1, 0.15) is 5.60 Å². The fourth-order valence-electron chi connectivity index (χ4n) is 4.25. The third-order valence-electron chi connectivity index (χ3n) is 6.13. The summed E-state index contributed by atoms with van der Waals surface area (Å²) < 4.78 is 74.1. The van der Waals surface area contributed by atoms with Crippen LogP contribution in [0.25, 0.3) is 11.1 Å². The Balaban J connectivity index is 1.84. The highest BCUT2D eigenvalue weighted by atomic mass is 35.5. The number of amides is 1. The summed E-state index contributed by atoms with van der Waals surface area (Å²) in [5.74, 6) is 0. The van der Waals surface area contributed by atoms with Gasteiger partial charge in [-0.15, -0.1) is 11.8 Å². The summed E-state index contributed by atoms with van der Waals surface area (Å²) in [6.07, 6.45) is -1.45. The van der Waals surface area contributed by atoms with Crippen LogP contribution in [0.2, 0.25) is 5.02 Å². The number of sulfone groups is 1. The van der Waals surface area contributed by atoms with Crippen molar-refractivity contribution in [2.45, 2.75) is 61.0 Å². The Hall–Kier alpha value is -2.82. The van der Waals surface area contributed by atoms with Gasteiger partial charge in [-0.2, -0.15) is 18.4 Å². The highest BCUT2D eigenvalue weighted by Gasteiger charge is 2.37. The van der Waals surface area contributed by atoms with Crippen LogP contribution in [0.1, 0.15) is 39.2 Å². The SMILES string of the molecule is CSC(NC#N)Nc1cc(Cl)c(-c2ccc(S(=O)(=O)C3CCN(C(=O)OC(C)(C)C)CC3)cc2)c(C(F)(F)F)c1. The lowest BCUT2D eigenvalue weighted by Crippen LogP contribution is -2.44. The molecule has 0 aliphatic carbocycles. The van der Waals surface area contributed by atoms with Crippen LogP contribution >= 0.6 is 23.4 Å². The highest BCUT2D eigenvalue weighted by molar-refractivity contribution is 7.99. The number of likely N-dealkylation sites (tertiary alicyclic amines) is 1. The molecule has 1 amide bonds. The minimum atomic E-state index is -4.76. The third kappa shape index (κ3) is 7.67. The van der Waals surface area contributed by atoms with E-state index in [1.807, 2.05) is 0 Å². The number of ether oxygens (including phenoxy) is 1. The summed E-state index contributed by atoms with van der Waals surface area (Å²) >= 11 is 7.49. The number of hydrogen-bond donors (Lipinski definition) is 2. The molecule has 0 radical (unpaired) electrons. The first-order chi connectivity index (χ1) is 18.6. The van der Waals surface area contributed by atoms with Crippen molar-refractivity contribution in [3.8, 4) is 17.3 Å². The van der Waals surface area contributed by atoms with E-state index < -0.39 is 44.0 Å². The van der Waals surface area contributed by atoms with Crippen LogP contribution in [-0.4, -0.2) is 55.1 Å². The van der Waals surface area contributed by atoms with E-state index in [-0.39, 0.29) is 52.7 Å². The quantitative estimate of drug-likeness (QED) is 0.210. The van der Waals surface area contributed by atoms with Crippen molar-refractivity contribution in [2.24, 2.45) is 0 Å². The predicted molar refractivity (Wildman–Crippen MR) is 150 cm³/mol. The molecule has 0 aromatic heterocycles. The number of nitriles is 1. The van der Waals surface area contributed by atoms with Crippen LogP contribution in [0.15, 0.2) is 41.3 Å². The molecule has 8 nitrogen and oxygen atoms in total. The standard InChI is InChI=1S/C26H30ClF3N4O4S2/c1-25(2,3)38-24(35)34-11-9-19(10-12-34)40(36,37)18-7-5-16(6-8-18)22-20(26(28,29)30)13-17(14-21(22)27)33-23(39-4)32-15-31/h5-8,13-14,19,23,32-33H,9-12H2,1-4H3. The van der Waals surface area contributed by atoms with Gasteiger partial charge < -0.3 is 15.0 Å². The number of rotatable bonds is 7. The predicted octanol–water partition coefficient (Wildman–Crippen LogP) is 6.33. The van der Waals surface area contributed by atoms with Crippen molar-refractivity contribution < 1.29 is 31.1 Å². The number of piperidine rings is 1. The second-order valence-corrected chi connectivity index (χ2v) is 13.7. The van der Waals surface area contributed by atoms with Crippen LogP contribution in [-0.2, 0) is 20.8 Å². The molecule has 2 N–H and O–H groups in total. The van der Waals surface area contributed by atoms with Gasteiger partial charge >= 0.3 is 12.3 Å². The molecule has 0 spiro atoms. The molecule has 3 rings (SSSR count). The Morgan fingerprint density at radius 3 is 2.27 bits per heavy atom. The van der Waals surface area contributed by atoms with E-state index in [1.165, 1.54) is 47.0 Å². The van der Waals surface area contributed by atoms with Crippen molar-refractivity contribution >= 4 is 45.0 Å². The smallest absolute Gasteiger partial charge is 0.417 e. The molecule has 0 saturated carbocycles. The second-order valence-electron chi connectivity index (χ2n) is 10.1. The number of carbonyl (C=O) groups excluding carboxylic acids is 1. The molecule has 0 bridgehead atoms. The maximum atomic E-state index is 14.1. The van der Waals surface area contributed by atoms with Gasteiger partial charge in [0.15, 0.2) is 21.5 Å². The molecule has 1 fully saturated rings. The van der Waals surface area contributed by atoms with E-state index in [2.05, 4.69) is 10.6 Å². The topological polar surface area (TPSA) is 112 Å². The van der Waals surface area contributed by atoms with Gasteiger partial charge in [0.25, 0.3) is 0 Å². The van der Waals surface area contributed by atoms with Gasteiger partial charge in [-0.1, -0.05) is 23.7 Å². The summed E-state index contributed by atoms with van der Waals surface area (Å²) in [6.45, 7) is 5.66. The number of benzene rings is 2. The molecule has 218 valence electrons. The number of hydrogen-bond acceptors (Lipinski definition) is 8. The van der Waals surface area contributed by atoms with Gasteiger partial charge in [-0.05, 0) is 69.7 Å². The first-order valence-electron chi connectivity index (χ1n) is 12.2. The molecule has 40 heavy (non-hydrogen) atoms. The summed E-state index contributed by atoms with van der Waals surface area (Å²) in [5.41, 5.74) is -2.49. The summed E-state index contributed by atoms with van der Waals surface area (Å²) in [5, 5.41) is 13.1. The van der Waals surface area contributed by atoms with Crippen LogP contribution in [0, 0.1) is 11.5 Å². The van der Waals surface area contributed by atoms with Crippen LogP contribution in [0.5, 0.6) is 0 Å². The summed E-state index contributed by atoms with van der Waals surface area (Å²) in [4.78, 5) is 13.7. The largest absolute Gasteiger partial charge is 0.444 e. The number of nitrogens with one attached hydrogen (secondary N) is 2. The lowest BCUT2D eigenvalue weighted by Gasteiger charge is -2.33. The number of nitrogens with zero attached hydrogens (tertiary/aromatic N) is 2. The first kappa shape index (κ1) is 31.7. The van der Waals surface area contributed by atoms with Crippen LogP contribution in [0.4, 0.5) is 23.7 Å². The van der Waals surface area contributed by atoms with Crippen molar-refractivity contribution in [3.05, 3.63) is 47.0 Å². The van der Waals surface area contributed by atoms with E-state index in [9.17, 15) is 26.4 Å². The molecule has 1 atom stereocenters. The zero-order chi connectivity index (χ0) is 29.9. The second kappa shape index (κ2) is 12.4. The van der Waals surface area contributed by atoms with Crippen molar-refractivity contribution in [3.63, 3.8) is 0 Å². The van der Waals surface area contributed by atoms with E-state index in [4.69, 9.17) is 21.6 Å². The molecule has 1 heterocycles. The van der Waals surface area contributed by atoms with E-state index in [1.54, 1.807) is 33.2 Å². The monoisotopic (exact) mass is 618 g/mol. The Bertz CT molecular complexity index is 1370. The van der Waals surface area contributed by atoms with Crippen LogP contribution in [0.3, 0.4) is 0 Å². The summed E-state index contributed by atoms with van der Waals surface area (Å²) in [6, 6.07) is 7.36. The Kier molecular flexibility index (Phi) is 9.80. The van der Waals surface area contributed by atoms with Crippen LogP contribution < -0.4 is 10.6 Å². The Labute approximate surface area is 241 Å². The number of anilines is 1. The van der Waals surface area contributed by atoms with Gasteiger partial charge in [0.2, 0.25) is 0 Å². The molecule has 1 saturated heterocycles. The average molecular weight is 619 g/mol. The number of thioether (sulfide) groups is 1. The van der Waals surface area contributed by atoms with Crippen molar-refractivity contribution in [1.82, 2.24) is 10.2 Å². The zero-order valence-corrected chi connectivity index (χ0v) is 24.7. The zero-order valence-electron chi connectivity index (χ0n) is 22.3. The molecular weight excluding hydrogens is 589 g/mol. The lowest BCUT2D eigenvalue weighted by molar-refractivity contribution is -0.137. The third-order valence-corrected chi connectivity index (χ3v) is 9.41. The fourth-order valence-corrected chi connectivity index (χ4v) is 6.73. The Morgan fingerprint density at radius 1 is 1.18 bits per heavy atom. The molecule has 14 heteroatoms. The van der Waals surface area contributed by atoms with E-state index in [0.717, 1.165) is 6.07 Å². The summed E-state index contributed by atoms with van der Waals surface area (Å²) in [7, 11) is -3.80. The van der Waals surface area contributed by atoms with Crippen molar-refractivity contribution in [2.75, 3.05) is 24.7 Å². The average Bonchev–Trinajstić information content (AvgIpc) is 2.86. The molecule has 1 aliphatic heterocycles. The van der Waals surface area contributed by atoms with E-state index in [0.29, 0.717) is 0 Å². The van der Waals surface area contributed by atoms with Gasteiger partial charge in [-0.25, -0.2) is 13.2 Å². The number of halogens is 4. The van der Waals surface area contributed by atoms with Gasteiger partial charge in [-0.3, -0.25) is 5.32 Å². The minimum absolute atomic E-state index is 0.0275. The van der Waals surface area contributed by atoms with Gasteiger partial charge in [0.05, 0.1) is 20.7 Å². The van der Waals surface area contributed by atoms with Crippen molar-refractivity contribution in [1.29, 1.82) is 5.26 Å². The highest BCUT2D eigenvalue weighted by Crippen LogP contribution is 2.43. The molecule has 1 aliphatic rings. The van der Waals surface area contributed by atoms with E-state index >= 15 is 0 Å². The minimum Gasteiger partial charge on any atom is -0.444 e. The van der Waals surface area contributed by atoms with Gasteiger partial charge in [0, 0.05) is 24.3 Å².